The van der Waals surface area contributed by atoms with Gasteiger partial charge in [-0.15, -0.1) is 11.3 Å². The largest absolute Gasteiger partial charge is 0.356 e. The van der Waals surface area contributed by atoms with Crippen molar-refractivity contribution >= 4 is 39.3 Å². The van der Waals surface area contributed by atoms with Crippen molar-refractivity contribution in [1.82, 2.24) is 15.2 Å². The fourth-order valence-corrected chi connectivity index (χ4v) is 5.26. The van der Waals surface area contributed by atoms with E-state index in [1.54, 1.807) is 11.3 Å². The first-order valence-corrected chi connectivity index (χ1v) is 10.9. The first-order valence-electron chi connectivity index (χ1n) is 10.1. The first-order chi connectivity index (χ1) is 13.6. The molecule has 28 heavy (non-hydrogen) atoms. The molecule has 3 amide bonds. The minimum Gasteiger partial charge on any atom is -0.356 e. The van der Waals surface area contributed by atoms with Gasteiger partial charge in [-0.05, 0) is 31.4 Å². The summed E-state index contributed by atoms with van der Waals surface area (Å²) in [5.41, 5.74) is 1.02. The van der Waals surface area contributed by atoms with Gasteiger partial charge in [0.1, 0.15) is 0 Å². The second kappa shape index (κ2) is 8.39. The Labute approximate surface area is 168 Å². The van der Waals surface area contributed by atoms with E-state index in [2.05, 4.69) is 16.4 Å². The molecule has 1 aromatic heterocycles. The number of hydrogen-bond donors (Lipinski definition) is 1. The summed E-state index contributed by atoms with van der Waals surface area (Å²) in [5, 5.41) is 3.97. The number of hydrogen-bond acceptors (Lipinski definition) is 5. The Morgan fingerprint density at radius 3 is 2.57 bits per heavy atom. The fourth-order valence-electron chi connectivity index (χ4n) is 4.25. The first kappa shape index (κ1) is 19.1. The maximum absolute atomic E-state index is 12.4. The zero-order valence-corrected chi connectivity index (χ0v) is 16.7. The Morgan fingerprint density at radius 2 is 1.86 bits per heavy atom. The van der Waals surface area contributed by atoms with Gasteiger partial charge in [0.15, 0.2) is 0 Å². The highest BCUT2D eigenvalue weighted by Crippen LogP contribution is 2.37. The second-order valence-corrected chi connectivity index (χ2v) is 8.72. The smallest absolute Gasteiger partial charge is 0.233 e. The lowest BCUT2D eigenvalue weighted by Crippen LogP contribution is -2.35. The number of amides is 3. The van der Waals surface area contributed by atoms with Crippen LogP contribution in [0.2, 0.25) is 0 Å². The lowest BCUT2D eigenvalue weighted by atomic mass is 9.81. The maximum Gasteiger partial charge on any atom is 0.233 e. The fraction of sp³-hybridized carbons (Fsp3) is 0.524. The molecular weight excluding hydrogens is 374 g/mol. The SMILES string of the molecule is O=C(CCN1C(=O)C2CCCCC2C1=O)NCCCc1nc2ccccc2s1. The van der Waals surface area contributed by atoms with Crippen LogP contribution in [0.4, 0.5) is 0 Å². The topological polar surface area (TPSA) is 79.4 Å². The Bertz CT molecular complexity index is 837. The van der Waals surface area contributed by atoms with Crippen LogP contribution in [0.15, 0.2) is 24.3 Å². The maximum atomic E-state index is 12.4. The second-order valence-electron chi connectivity index (χ2n) is 7.60. The summed E-state index contributed by atoms with van der Waals surface area (Å²) in [6, 6.07) is 8.07. The Hall–Kier alpha value is -2.28. The van der Waals surface area contributed by atoms with Crippen LogP contribution in [0.1, 0.15) is 43.5 Å². The van der Waals surface area contributed by atoms with E-state index in [0.717, 1.165) is 49.0 Å². The molecular formula is C21H25N3O3S. The van der Waals surface area contributed by atoms with Crippen LogP contribution >= 0.6 is 11.3 Å². The average molecular weight is 400 g/mol. The van der Waals surface area contributed by atoms with Crippen LogP contribution in [0, 0.1) is 11.8 Å². The summed E-state index contributed by atoms with van der Waals surface area (Å²) in [5.74, 6) is -0.535. The number of nitrogens with zero attached hydrogens (tertiary/aromatic N) is 2. The van der Waals surface area contributed by atoms with Crippen molar-refractivity contribution < 1.29 is 14.4 Å². The summed E-state index contributed by atoms with van der Waals surface area (Å²) in [7, 11) is 0. The third-order valence-electron chi connectivity index (χ3n) is 5.72. The molecule has 2 aromatic rings. The Kier molecular flexibility index (Phi) is 5.71. The molecule has 2 unspecified atom stereocenters. The number of carbonyl (C=O) groups excluding carboxylic acids is 3. The van der Waals surface area contributed by atoms with Gasteiger partial charge in [0, 0.05) is 25.9 Å². The Balaban J connectivity index is 1.18. The molecule has 148 valence electrons. The lowest BCUT2D eigenvalue weighted by molar-refractivity contribution is -0.140. The van der Waals surface area contributed by atoms with Crippen LogP contribution in [0.25, 0.3) is 10.2 Å². The number of aryl methyl sites for hydroxylation is 1. The molecule has 6 nitrogen and oxygen atoms in total. The zero-order valence-electron chi connectivity index (χ0n) is 15.9. The molecule has 0 bridgehead atoms. The molecule has 1 aromatic carbocycles. The van der Waals surface area contributed by atoms with Crippen molar-refractivity contribution in [3.8, 4) is 0 Å². The number of thiazole rings is 1. The molecule has 4 rings (SSSR count). The van der Waals surface area contributed by atoms with Crippen molar-refractivity contribution in [2.75, 3.05) is 13.1 Å². The van der Waals surface area contributed by atoms with E-state index < -0.39 is 0 Å². The predicted molar refractivity (Wildman–Crippen MR) is 108 cm³/mol. The Morgan fingerprint density at radius 1 is 1.14 bits per heavy atom. The van der Waals surface area contributed by atoms with Crippen LogP contribution in [-0.2, 0) is 20.8 Å². The number of benzene rings is 1. The molecule has 1 saturated carbocycles. The van der Waals surface area contributed by atoms with Gasteiger partial charge in [-0.25, -0.2) is 4.98 Å². The van der Waals surface area contributed by atoms with Gasteiger partial charge in [0.25, 0.3) is 0 Å². The van der Waals surface area contributed by atoms with E-state index in [1.807, 2.05) is 18.2 Å². The molecule has 7 heteroatoms. The number of nitrogens with one attached hydrogen (secondary N) is 1. The van der Waals surface area contributed by atoms with Gasteiger partial charge in [-0.1, -0.05) is 25.0 Å². The van der Waals surface area contributed by atoms with Crippen molar-refractivity contribution in [3.63, 3.8) is 0 Å². The van der Waals surface area contributed by atoms with Crippen LogP contribution in [0.3, 0.4) is 0 Å². The summed E-state index contributed by atoms with van der Waals surface area (Å²) in [6.07, 6.45) is 5.47. The summed E-state index contributed by atoms with van der Waals surface area (Å²) >= 11 is 1.69. The summed E-state index contributed by atoms with van der Waals surface area (Å²) in [6.45, 7) is 0.774. The van der Waals surface area contributed by atoms with Gasteiger partial charge in [0.05, 0.1) is 27.1 Å². The average Bonchev–Trinajstić information content (AvgIpc) is 3.23. The van der Waals surface area contributed by atoms with E-state index >= 15 is 0 Å². The van der Waals surface area contributed by atoms with E-state index in [0.29, 0.717) is 6.54 Å². The highest BCUT2D eigenvalue weighted by atomic mass is 32.1. The van der Waals surface area contributed by atoms with E-state index in [4.69, 9.17) is 0 Å². The van der Waals surface area contributed by atoms with Crippen LogP contribution in [0.5, 0.6) is 0 Å². The number of aromatic nitrogens is 1. The zero-order chi connectivity index (χ0) is 19.5. The summed E-state index contributed by atoms with van der Waals surface area (Å²) < 4.78 is 1.18. The third kappa shape index (κ3) is 3.94. The highest BCUT2D eigenvalue weighted by molar-refractivity contribution is 7.18. The number of rotatable bonds is 7. The number of carbonyl (C=O) groups is 3. The van der Waals surface area contributed by atoms with E-state index in [9.17, 15) is 14.4 Å². The number of imide groups is 1. The third-order valence-corrected chi connectivity index (χ3v) is 6.82. The van der Waals surface area contributed by atoms with Gasteiger partial charge in [0.2, 0.25) is 17.7 Å². The van der Waals surface area contributed by atoms with Crippen LogP contribution < -0.4 is 5.32 Å². The molecule has 2 atom stereocenters. The predicted octanol–water partition coefficient (Wildman–Crippen LogP) is 2.91. The molecule has 0 spiro atoms. The van der Waals surface area contributed by atoms with Gasteiger partial charge < -0.3 is 5.32 Å². The lowest BCUT2D eigenvalue weighted by Gasteiger charge is -2.19. The van der Waals surface area contributed by atoms with Crippen molar-refractivity contribution in [1.29, 1.82) is 0 Å². The van der Waals surface area contributed by atoms with E-state index in [-0.39, 0.29) is 42.5 Å². The van der Waals surface area contributed by atoms with Crippen molar-refractivity contribution in [2.45, 2.75) is 44.9 Å². The minimum absolute atomic E-state index is 0.0710. The molecule has 1 aliphatic heterocycles. The quantitative estimate of drug-likeness (QED) is 0.573. The molecule has 1 aliphatic carbocycles. The molecule has 1 N–H and O–H groups in total. The summed E-state index contributed by atoms with van der Waals surface area (Å²) in [4.78, 5) is 42.9. The van der Waals surface area contributed by atoms with Crippen molar-refractivity contribution in [2.24, 2.45) is 11.8 Å². The van der Waals surface area contributed by atoms with Gasteiger partial charge >= 0.3 is 0 Å². The number of para-hydroxylation sites is 1. The number of likely N-dealkylation sites (tertiary alicyclic amines) is 1. The standard InChI is InChI=1S/C21H25N3O3S/c25-18(11-13-24-20(26)14-6-1-2-7-15(14)21(24)27)22-12-5-10-19-23-16-8-3-4-9-17(16)28-19/h3-4,8-9,14-15H,1-2,5-7,10-13H2,(H,22,25). The molecule has 0 radical (unpaired) electrons. The van der Waals surface area contributed by atoms with Gasteiger partial charge in [-0.3, -0.25) is 19.3 Å². The number of fused-ring (bicyclic) bond motifs is 2. The monoisotopic (exact) mass is 399 g/mol. The van der Waals surface area contributed by atoms with Gasteiger partial charge in [-0.2, -0.15) is 0 Å². The molecule has 1 saturated heterocycles. The van der Waals surface area contributed by atoms with E-state index in [1.165, 1.54) is 9.60 Å². The molecule has 2 heterocycles. The molecule has 2 fully saturated rings. The highest BCUT2D eigenvalue weighted by Gasteiger charge is 2.47. The normalized spacial score (nSPS) is 21.9. The van der Waals surface area contributed by atoms with Crippen molar-refractivity contribution in [3.05, 3.63) is 29.3 Å². The molecule has 2 aliphatic rings. The minimum atomic E-state index is -0.141. The van der Waals surface area contributed by atoms with Crippen LogP contribution in [-0.4, -0.2) is 40.7 Å².